The molecule has 0 unspecified atom stereocenters. The zero-order valence-corrected chi connectivity index (χ0v) is 15.1. The van der Waals surface area contributed by atoms with Crippen LogP contribution in [0.15, 0.2) is 43.2 Å². The van der Waals surface area contributed by atoms with Gasteiger partial charge >= 0.3 is 6.03 Å². The van der Waals surface area contributed by atoms with E-state index >= 15 is 0 Å². The lowest BCUT2D eigenvalue weighted by Crippen LogP contribution is -2.33. The summed E-state index contributed by atoms with van der Waals surface area (Å²) in [5.74, 6) is 0.786. The smallest absolute Gasteiger partial charge is 0.319 e. The molecule has 1 fully saturated rings. The number of hydrogen-bond donors (Lipinski definition) is 2. The molecule has 27 heavy (non-hydrogen) atoms. The van der Waals surface area contributed by atoms with Crippen molar-refractivity contribution in [3.8, 4) is 5.69 Å². The Bertz CT molecular complexity index is 898. The number of aromatic nitrogens is 6. The van der Waals surface area contributed by atoms with Gasteiger partial charge in [0.2, 0.25) is 0 Å². The minimum absolute atomic E-state index is 0.244. The van der Waals surface area contributed by atoms with E-state index in [1.54, 1.807) is 17.3 Å². The maximum absolute atomic E-state index is 12.4. The van der Waals surface area contributed by atoms with E-state index in [0.29, 0.717) is 11.7 Å². The van der Waals surface area contributed by atoms with Crippen LogP contribution < -0.4 is 10.6 Å². The molecule has 0 aliphatic heterocycles. The second-order valence-corrected chi connectivity index (χ2v) is 6.75. The van der Waals surface area contributed by atoms with Crippen molar-refractivity contribution in [3.63, 3.8) is 0 Å². The summed E-state index contributed by atoms with van der Waals surface area (Å²) in [6.45, 7) is 1.92. The monoisotopic (exact) mass is 366 g/mol. The third kappa shape index (κ3) is 3.81. The normalized spacial score (nSPS) is 15.6. The number of nitrogens with zero attached hydrogens (tertiary/aromatic N) is 6. The molecule has 1 atom stereocenters. The highest BCUT2D eigenvalue weighted by atomic mass is 16.2. The molecule has 2 N–H and O–H groups in total. The van der Waals surface area contributed by atoms with Crippen LogP contribution in [0.1, 0.15) is 50.5 Å². The third-order valence-electron chi connectivity index (χ3n) is 4.84. The Morgan fingerprint density at radius 2 is 2.11 bits per heavy atom. The highest BCUT2D eigenvalue weighted by molar-refractivity contribution is 5.89. The summed E-state index contributed by atoms with van der Waals surface area (Å²) < 4.78 is 3.74. The van der Waals surface area contributed by atoms with E-state index in [1.165, 1.54) is 19.2 Å². The number of benzene rings is 1. The summed E-state index contributed by atoms with van der Waals surface area (Å²) in [5.41, 5.74) is 1.49. The highest BCUT2D eigenvalue weighted by Gasteiger charge is 2.23. The first-order valence-electron chi connectivity index (χ1n) is 9.12. The Morgan fingerprint density at radius 3 is 2.89 bits per heavy atom. The molecule has 2 heterocycles. The standard InChI is InChI=1S/C18H22N8O/c1-13(17-24-20-12-25(17)15-6-2-3-7-15)22-18(27)23-14-5-4-8-16(9-14)26-11-19-10-21-26/h4-5,8-13,15H,2-3,6-7H2,1H3,(H2,22,23,27)/t13-/m0/s1. The van der Waals surface area contributed by atoms with Crippen LogP contribution in [0.5, 0.6) is 0 Å². The predicted molar refractivity (Wildman–Crippen MR) is 99.5 cm³/mol. The van der Waals surface area contributed by atoms with Crippen LogP contribution in [-0.2, 0) is 0 Å². The summed E-state index contributed by atoms with van der Waals surface area (Å²) in [6, 6.07) is 7.30. The first kappa shape index (κ1) is 17.2. The molecule has 2 aromatic heterocycles. The molecule has 1 saturated carbocycles. The molecular weight excluding hydrogens is 344 g/mol. The van der Waals surface area contributed by atoms with Gasteiger partial charge in [0.15, 0.2) is 5.82 Å². The molecule has 0 saturated heterocycles. The minimum Gasteiger partial charge on any atom is -0.328 e. The Balaban J connectivity index is 1.41. The van der Waals surface area contributed by atoms with Crippen molar-refractivity contribution in [2.45, 2.75) is 44.7 Å². The van der Waals surface area contributed by atoms with E-state index in [9.17, 15) is 4.79 Å². The molecule has 1 aliphatic carbocycles. The molecular formula is C18H22N8O. The van der Waals surface area contributed by atoms with E-state index < -0.39 is 0 Å². The lowest BCUT2D eigenvalue weighted by molar-refractivity contribution is 0.248. The van der Waals surface area contributed by atoms with Gasteiger partial charge in [-0.1, -0.05) is 18.9 Å². The number of rotatable bonds is 5. The molecule has 1 aliphatic rings. The van der Waals surface area contributed by atoms with Gasteiger partial charge in [-0.25, -0.2) is 14.5 Å². The first-order valence-corrected chi connectivity index (χ1v) is 9.12. The average Bonchev–Trinajstić information content (AvgIpc) is 3.43. The van der Waals surface area contributed by atoms with Gasteiger partial charge in [0, 0.05) is 11.7 Å². The van der Waals surface area contributed by atoms with Crippen LogP contribution in [0.3, 0.4) is 0 Å². The number of carbonyl (C=O) groups is 1. The largest absolute Gasteiger partial charge is 0.328 e. The van der Waals surface area contributed by atoms with E-state index in [0.717, 1.165) is 24.4 Å². The summed E-state index contributed by atoms with van der Waals surface area (Å²) in [5, 5.41) is 18.2. The Labute approximate surface area is 156 Å². The first-order chi connectivity index (χ1) is 13.2. The second kappa shape index (κ2) is 7.56. The number of carbonyl (C=O) groups excluding carboxylic acids is 1. The van der Waals surface area contributed by atoms with Gasteiger partial charge in [-0.2, -0.15) is 5.10 Å². The molecule has 0 spiro atoms. The van der Waals surface area contributed by atoms with Crippen molar-refractivity contribution in [2.24, 2.45) is 0 Å². The van der Waals surface area contributed by atoms with Crippen LogP contribution in [-0.4, -0.2) is 35.6 Å². The number of anilines is 1. The summed E-state index contributed by atoms with van der Waals surface area (Å²) >= 11 is 0. The van der Waals surface area contributed by atoms with Gasteiger partial charge < -0.3 is 15.2 Å². The zero-order valence-electron chi connectivity index (χ0n) is 15.1. The molecule has 140 valence electrons. The van der Waals surface area contributed by atoms with Crippen molar-refractivity contribution in [3.05, 3.63) is 49.1 Å². The number of nitrogens with one attached hydrogen (secondary N) is 2. The van der Waals surface area contributed by atoms with E-state index in [2.05, 4.69) is 35.5 Å². The Kier molecular flexibility index (Phi) is 4.82. The van der Waals surface area contributed by atoms with Crippen LogP contribution in [0, 0.1) is 0 Å². The van der Waals surface area contributed by atoms with E-state index in [1.807, 2.05) is 31.2 Å². The lowest BCUT2D eigenvalue weighted by Gasteiger charge is -2.19. The van der Waals surface area contributed by atoms with Crippen molar-refractivity contribution in [2.75, 3.05) is 5.32 Å². The van der Waals surface area contributed by atoms with Gasteiger partial charge in [-0.05, 0) is 38.0 Å². The van der Waals surface area contributed by atoms with Crippen molar-refractivity contribution < 1.29 is 4.79 Å². The Hall–Kier alpha value is -3.23. The fourth-order valence-corrected chi connectivity index (χ4v) is 3.52. The summed E-state index contributed by atoms with van der Waals surface area (Å²) in [7, 11) is 0. The summed E-state index contributed by atoms with van der Waals surface area (Å²) in [4.78, 5) is 16.4. The highest BCUT2D eigenvalue weighted by Crippen LogP contribution is 2.31. The molecule has 1 aromatic carbocycles. The lowest BCUT2D eigenvalue weighted by atomic mass is 10.2. The maximum atomic E-state index is 12.4. The quantitative estimate of drug-likeness (QED) is 0.723. The fourth-order valence-electron chi connectivity index (χ4n) is 3.52. The maximum Gasteiger partial charge on any atom is 0.319 e. The van der Waals surface area contributed by atoms with Crippen LogP contribution >= 0.6 is 0 Å². The van der Waals surface area contributed by atoms with Crippen molar-refractivity contribution >= 4 is 11.7 Å². The van der Waals surface area contributed by atoms with Crippen LogP contribution in [0.25, 0.3) is 5.69 Å². The van der Waals surface area contributed by atoms with Crippen molar-refractivity contribution in [1.29, 1.82) is 0 Å². The Morgan fingerprint density at radius 1 is 1.26 bits per heavy atom. The molecule has 2 amide bonds. The zero-order chi connectivity index (χ0) is 18.6. The number of urea groups is 1. The SMILES string of the molecule is C[C@H](NC(=O)Nc1cccc(-n2cncn2)c1)c1nncn1C1CCCC1. The number of hydrogen-bond acceptors (Lipinski definition) is 5. The molecule has 4 rings (SSSR count). The fraction of sp³-hybridized carbons (Fsp3) is 0.389. The third-order valence-corrected chi connectivity index (χ3v) is 4.84. The van der Waals surface area contributed by atoms with Gasteiger partial charge in [-0.15, -0.1) is 10.2 Å². The van der Waals surface area contributed by atoms with Crippen molar-refractivity contribution in [1.82, 2.24) is 34.8 Å². The molecule has 3 aromatic rings. The van der Waals surface area contributed by atoms with E-state index in [4.69, 9.17) is 0 Å². The average molecular weight is 366 g/mol. The van der Waals surface area contributed by atoms with Gasteiger partial charge in [0.05, 0.1) is 11.7 Å². The molecule has 9 nitrogen and oxygen atoms in total. The van der Waals surface area contributed by atoms with Gasteiger partial charge in [0.25, 0.3) is 0 Å². The van der Waals surface area contributed by atoms with Crippen LogP contribution in [0.4, 0.5) is 10.5 Å². The predicted octanol–water partition coefficient (Wildman–Crippen LogP) is 2.86. The van der Waals surface area contributed by atoms with Gasteiger partial charge in [-0.3, -0.25) is 0 Å². The summed E-state index contributed by atoms with van der Waals surface area (Å²) in [6.07, 6.45) is 9.58. The molecule has 0 radical (unpaired) electrons. The molecule has 9 heteroatoms. The van der Waals surface area contributed by atoms with E-state index in [-0.39, 0.29) is 12.1 Å². The van der Waals surface area contributed by atoms with Gasteiger partial charge in [0.1, 0.15) is 19.0 Å². The topological polar surface area (TPSA) is 103 Å². The second-order valence-electron chi connectivity index (χ2n) is 6.75. The minimum atomic E-state index is -0.292. The van der Waals surface area contributed by atoms with Crippen LogP contribution in [0.2, 0.25) is 0 Å². The molecule has 0 bridgehead atoms. The number of amides is 2.